The normalized spacial score (nSPS) is 8.83. The first-order chi connectivity index (χ1) is 17.4. The number of hydrogen-bond acceptors (Lipinski definition) is 12. The lowest BCUT2D eigenvalue weighted by Crippen LogP contribution is -1.59. The van der Waals surface area contributed by atoms with Crippen molar-refractivity contribution in [2.24, 2.45) is 0 Å². The van der Waals surface area contributed by atoms with Crippen LogP contribution in [-0.2, 0) is 0 Å². The molecule has 0 amide bonds. The fraction of sp³-hybridized carbons (Fsp3) is 0.250. The third kappa shape index (κ3) is 16.8. The number of hydrogen-bond donors (Lipinski definition) is 0. The van der Waals surface area contributed by atoms with Gasteiger partial charge in [-0.25, -0.2) is 15.0 Å². The van der Waals surface area contributed by atoms with Crippen molar-refractivity contribution in [2.75, 3.05) is 0 Å². The smallest absolute Gasteiger partial charge is 0.190 e. The second kappa shape index (κ2) is 18.7. The molecule has 0 unspecified atom stereocenters. The van der Waals surface area contributed by atoms with E-state index in [1.165, 1.54) is 12.8 Å². The van der Waals surface area contributed by atoms with Crippen LogP contribution in [0.1, 0.15) is 34.4 Å². The molecule has 0 aliphatic carbocycles. The van der Waals surface area contributed by atoms with Gasteiger partial charge in [-0.1, -0.05) is 15.5 Å². The molecule has 0 aromatic carbocycles. The Labute approximate surface area is 208 Å². The van der Waals surface area contributed by atoms with Gasteiger partial charge in [-0.2, -0.15) is 0 Å². The summed E-state index contributed by atoms with van der Waals surface area (Å²) in [5.41, 5.74) is 2.92. The summed E-state index contributed by atoms with van der Waals surface area (Å²) in [6.45, 7) is 11.2. The number of nitrogens with zero attached hydrogens (tertiary/aromatic N) is 6. The highest BCUT2D eigenvalue weighted by atomic mass is 16.5. The molecule has 0 spiro atoms. The van der Waals surface area contributed by atoms with Crippen LogP contribution in [0.4, 0.5) is 0 Å². The van der Waals surface area contributed by atoms with Gasteiger partial charge < -0.3 is 26.8 Å². The van der Waals surface area contributed by atoms with Gasteiger partial charge in [0.05, 0.1) is 36.2 Å². The molecule has 0 radical (unpaired) electrons. The molecule has 0 N–H and O–H groups in total. The van der Waals surface area contributed by atoms with Gasteiger partial charge in [-0.3, -0.25) is 0 Å². The standard InChI is InChI=1S/6C4H5NO/c1-4-2-6-3-5-4;1-4-2-5-3-6-4;1-4-2-5-6-3-4;1-4-5-2-3-6-4;1-4-2-3-6-5-4;1-4-2-3-5-6-4/h6*2-3H,1H3. The Morgan fingerprint density at radius 3 is 1.67 bits per heavy atom. The lowest BCUT2D eigenvalue weighted by atomic mass is 10.4. The molecule has 6 aromatic heterocycles. The van der Waals surface area contributed by atoms with E-state index in [1.807, 2.05) is 34.6 Å². The van der Waals surface area contributed by atoms with Crippen LogP contribution in [0.25, 0.3) is 0 Å². The van der Waals surface area contributed by atoms with Gasteiger partial charge in [0.25, 0.3) is 0 Å². The average molecular weight is 499 g/mol. The SMILES string of the molecule is Cc1ccno1.Cc1ccon1.Cc1cnco1.Cc1cnoc1.Cc1cocn1.Cc1ncco1. The molecule has 0 atom stereocenters. The monoisotopic (exact) mass is 498 g/mol. The van der Waals surface area contributed by atoms with Crippen LogP contribution < -0.4 is 0 Å². The minimum Gasteiger partial charge on any atom is -0.452 e. The van der Waals surface area contributed by atoms with Crippen LogP contribution >= 0.6 is 0 Å². The molecule has 6 rings (SSSR count). The third-order valence-electron chi connectivity index (χ3n) is 3.36. The zero-order chi connectivity index (χ0) is 26.4. The summed E-state index contributed by atoms with van der Waals surface area (Å²) in [5, 5.41) is 10.4. The first-order valence-electron chi connectivity index (χ1n) is 10.5. The van der Waals surface area contributed by atoms with Crippen LogP contribution in [0, 0.1) is 41.5 Å². The van der Waals surface area contributed by atoms with E-state index in [1.54, 1.807) is 68.9 Å². The van der Waals surface area contributed by atoms with Gasteiger partial charge in [0.1, 0.15) is 36.6 Å². The highest BCUT2D eigenvalue weighted by Crippen LogP contribution is 1.90. The topological polar surface area (TPSA) is 156 Å². The fourth-order valence-electron chi connectivity index (χ4n) is 1.66. The van der Waals surface area contributed by atoms with E-state index in [4.69, 9.17) is 8.83 Å². The Bertz CT molecular complexity index is 917. The van der Waals surface area contributed by atoms with E-state index in [9.17, 15) is 0 Å². The summed E-state index contributed by atoms with van der Waals surface area (Å²) in [7, 11) is 0. The molecular weight excluding hydrogens is 468 g/mol. The molecule has 192 valence electrons. The minimum absolute atomic E-state index is 0.718. The summed E-state index contributed by atoms with van der Waals surface area (Å²) in [6.07, 6.45) is 15.7. The molecule has 6 aromatic rings. The molecule has 0 saturated heterocycles. The maximum absolute atomic E-state index is 4.72. The summed E-state index contributed by atoms with van der Waals surface area (Å²) in [5.74, 6) is 2.43. The Kier molecular flexibility index (Phi) is 15.2. The van der Waals surface area contributed by atoms with Crippen molar-refractivity contribution < 1.29 is 26.8 Å². The maximum atomic E-state index is 4.72. The van der Waals surface area contributed by atoms with E-state index in [0.29, 0.717) is 0 Å². The molecular formula is C24H30N6O6. The predicted molar refractivity (Wildman–Crippen MR) is 127 cm³/mol. The zero-order valence-electron chi connectivity index (χ0n) is 21.1. The van der Waals surface area contributed by atoms with Crippen LogP contribution in [0.5, 0.6) is 0 Å². The Morgan fingerprint density at radius 1 is 0.667 bits per heavy atom. The van der Waals surface area contributed by atoms with Crippen LogP contribution in [-0.4, -0.2) is 30.4 Å². The molecule has 0 saturated carbocycles. The zero-order valence-corrected chi connectivity index (χ0v) is 21.1. The second-order valence-corrected chi connectivity index (χ2v) is 6.76. The Hall–Kier alpha value is -4.74. The van der Waals surface area contributed by atoms with Gasteiger partial charge in [0.15, 0.2) is 18.7 Å². The molecule has 0 aliphatic heterocycles. The summed E-state index contributed by atoms with van der Waals surface area (Å²) in [4.78, 5) is 11.2. The predicted octanol–water partition coefficient (Wildman–Crippen LogP) is 5.90. The first kappa shape index (κ1) is 29.3. The van der Waals surface area contributed by atoms with Crippen LogP contribution in [0.15, 0.2) is 102 Å². The second-order valence-electron chi connectivity index (χ2n) is 6.76. The quantitative estimate of drug-likeness (QED) is 0.245. The van der Waals surface area contributed by atoms with Gasteiger partial charge in [-0.15, -0.1) is 0 Å². The van der Waals surface area contributed by atoms with Crippen molar-refractivity contribution >= 4 is 0 Å². The summed E-state index contributed by atoms with van der Waals surface area (Å²) in [6, 6.07) is 3.61. The number of aromatic nitrogens is 6. The molecule has 0 aliphatic rings. The van der Waals surface area contributed by atoms with Gasteiger partial charge >= 0.3 is 0 Å². The van der Waals surface area contributed by atoms with Crippen molar-refractivity contribution in [1.29, 1.82) is 0 Å². The first-order valence-corrected chi connectivity index (χ1v) is 10.5. The van der Waals surface area contributed by atoms with E-state index < -0.39 is 0 Å². The van der Waals surface area contributed by atoms with E-state index in [2.05, 4.69) is 48.4 Å². The molecule has 36 heavy (non-hydrogen) atoms. The van der Waals surface area contributed by atoms with Crippen molar-refractivity contribution in [2.45, 2.75) is 41.5 Å². The lowest BCUT2D eigenvalue weighted by molar-refractivity contribution is 0.397. The average Bonchev–Trinajstić information content (AvgIpc) is 3.67. The molecule has 12 nitrogen and oxygen atoms in total. The van der Waals surface area contributed by atoms with Crippen molar-refractivity contribution in [3.05, 3.63) is 109 Å². The van der Waals surface area contributed by atoms with E-state index in [-0.39, 0.29) is 0 Å². The highest BCUT2D eigenvalue weighted by molar-refractivity contribution is 4.94. The Balaban J connectivity index is 0.000000216. The van der Waals surface area contributed by atoms with Crippen molar-refractivity contribution in [1.82, 2.24) is 30.4 Å². The van der Waals surface area contributed by atoms with Crippen molar-refractivity contribution in [3.63, 3.8) is 0 Å². The lowest BCUT2D eigenvalue weighted by Gasteiger charge is -1.67. The fourth-order valence-corrected chi connectivity index (χ4v) is 1.66. The largest absolute Gasteiger partial charge is 0.452 e. The van der Waals surface area contributed by atoms with E-state index >= 15 is 0 Å². The van der Waals surface area contributed by atoms with E-state index in [0.717, 1.165) is 34.4 Å². The third-order valence-corrected chi connectivity index (χ3v) is 3.36. The molecule has 0 fully saturated rings. The van der Waals surface area contributed by atoms with Crippen LogP contribution in [0.2, 0.25) is 0 Å². The van der Waals surface area contributed by atoms with Gasteiger partial charge in [-0.05, 0) is 34.6 Å². The maximum Gasteiger partial charge on any atom is 0.190 e. The molecule has 12 heteroatoms. The van der Waals surface area contributed by atoms with Gasteiger partial charge in [0.2, 0.25) is 0 Å². The van der Waals surface area contributed by atoms with Crippen molar-refractivity contribution in [3.8, 4) is 0 Å². The molecule has 6 heterocycles. The molecule has 0 bridgehead atoms. The summed E-state index contributed by atoms with van der Waals surface area (Å²) < 4.78 is 27.6. The highest BCUT2D eigenvalue weighted by Gasteiger charge is 1.80. The Morgan fingerprint density at radius 2 is 1.50 bits per heavy atom. The number of oxazole rings is 3. The number of rotatable bonds is 0. The van der Waals surface area contributed by atoms with Crippen LogP contribution in [0.3, 0.4) is 0 Å². The minimum atomic E-state index is 0.718. The van der Waals surface area contributed by atoms with Gasteiger partial charge in [0, 0.05) is 24.6 Å². The summed E-state index contributed by atoms with van der Waals surface area (Å²) >= 11 is 0. The number of aryl methyl sites for hydroxylation is 6.